The number of esters is 1. The van der Waals surface area contributed by atoms with Crippen LogP contribution in [0.15, 0.2) is 24.3 Å². The van der Waals surface area contributed by atoms with Gasteiger partial charge in [-0.25, -0.2) is 9.59 Å². The van der Waals surface area contributed by atoms with Crippen molar-refractivity contribution in [1.82, 2.24) is 10.6 Å². The third kappa shape index (κ3) is 8.67. The van der Waals surface area contributed by atoms with Gasteiger partial charge in [0.05, 0.1) is 0 Å². The maximum atomic E-state index is 11.5. The Morgan fingerprint density at radius 1 is 1.17 bits per heavy atom. The number of rotatable bonds is 5. The first-order valence-electron chi connectivity index (χ1n) is 6.82. The van der Waals surface area contributed by atoms with Crippen molar-refractivity contribution in [2.45, 2.75) is 26.3 Å². The summed E-state index contributed by atoms with van der Waals surface area (Å²) in [4.78, 5) is 34.4. The van der Waals surface area contributed by atoms with Gasteiger partial charge in [-0.3, -0.25) is 10.1 Å². The number of imide groups is 1. The van der Waals surface area contributed by atoms with Crippen LogP contribution in [0.25, 0.3) is 0 Å². The quantitative estimate of drug-likeness (QED) is 0.797. The molecule has 0 aliphatic carbocycles. The molecule has 0 bridgehead atoms. The summed E-state index contributed by atoms with van der Waals surface area (Å²) in [5.74, 6) is -1.07. The largest absolute Gasteiger partial charge is 0.482 e. The van der Waals surface area contributed by atoms with Gasteiger partial charge in [0.1, 0.15) is 5.75 Å². The second-order valence-electron chi connectivity index (χ2n) is 5.66. The van der Waals surface area contributed by atoms with Gasteiger partial charge in [0.25, 0.3) is 5.91 Å². The second-order valence-corrected chi connectivity index (χ2v) is 6.10. The highest BCUT2D eigenvalue weighted by Gasteiger charge is 2.16. The molecule has 0 saturated heterocycles. The lowest BCUT2D eigenvalue weighted by atomic mass is 10.1. The van der Waals surface area contributed by atoms with E-state index in [9.17, 15) is 14.4 Å². The van der Waals surface area contributed by atoms with E-state index in [2.05, 4.69) is 5.32 Å². The lowest BCUT2D eigenvalue weighted by Crippen LogP contribution is -2.49. The van der Waals surface area contributed by atoms with Crippen molar-refractivity contribution in [3.8, 4) is 5.75 Å². The Hall–Kier alpha value is -2.28. The SMILES string of the molecule is CC(C)(C)NC(=O)NC(=O)COC(=O)COc1cccc(Cl)c1. The Labute approximate surface area is 139 Å². The van der Waals surface area contributed by atoms with Crippen LogP contribution in [0.5, 0.6) is 5.75 Å². The lowest BCUT2D eigenvalue weighted by molar-refractivity contribution is -0.150. The molecule has 0 aliphatic heterocycles. The van der Waals surface area contributed by atoms with Crippen LogP contribution in [-0.2, 0) is 14.3 Å². The molecule has 0 spiro atoms. The van der Waals surface area contributed by atoms with Gasteiger partial charge in [-0.15, -0.1) is 0 Å². The molecule has 1 rings (SSSR count). The fourth-order valence-corrected chi connectivity index (χ4v) is 1.60. The molecular formula is C15H19ClN2O5. The first-order chi connectivity index (χ1) is 10.7. The van der Waals surface area contributed by atoms with Crippen molar-refractivity contribution in [2.24, 2.45) is 0 Å². The van der Waals surface area contributed by atoms with Gasteiger partial charge in [-0.1, -0.05) is 17.7 Å². The minimum absolute atomic E-state index is 0.373. The van der Waals surface area contributed by atoms with Crippen LogP contribution in [0, 0.1) is 0 Å². The molecule has 0 atom stereocenters. The van der Waals surface area contributed by atoms with E-state index in [-0.39, 0.29) is 6.61 Å². The molecule has 0 unspecified atom stereocenters. The van der Waals surface area contributed by atoms with E-state index in [1.54, 1.807) is 45.0 Å². The molecule has 23 heavy (non-hydrogen) atoms. The molecule has 126 valence electrons. The van der Waals surface area contributed by atoms with E-state index in [0.717, 1.165) is 0 Å². The number of nitrogens with one attached hydrogen (secondary N) is 2. The number of benzene rings is 1. The van der Waals surface area contributed by atoms with Crippen molar-refractivity contribution in [1.29, 1.82) is 0 Å². The average molecular weight is 343 g/mol. The average Bonchev–Trinajstić information content (AvgIpc) is 2.40. The zero-order chi connectivity index (χ0) is 17.5. The number of hydrogen-bond acceptors (Lipinski definition) is 5. The summed E-state index contributed by atoms with van der Waals surface area (Å²) in [7, 11) is 0. The van der Waals surface area contributed by atoms with Gasteiger partial charge >= 0.3 is 12.0 Å². The van der Waals surface area contributed by atoms with Gasteiger partial charge in [-0.2, -0.15) is 0 Å². The standard InChI is InChI=1S/C15H19ClN2O5/c1-15(2,3)18-14(21)17-12(19)8-23-13(20)9-22-11-6-4-5-10(16)7-11/h4-7H,8-9H2,1-3H3,(H2,17,18,19,21). The highest BCUT2D eigenvalue weighted by atomic mass is 35.5. The molecule has 1 aromatic carbocycles. The van der Waals surface area contributed by atoms with Gasteiger partial charge in [0, 0.05) is 10.6 Å². The van der Waals surface area contributed by atoms with Gasteiger partial charge in [0.15, 0.2) is 13.2 Å². The molecule has 0 heterocycles. The van der Waals surface area contributed by atoms with Crippen molar-refractivity contribution in [3.63, 3.8) is 0 Å². The fourth-order valence-electron chi connectivity index (χ4n) is 1.42. The van der Waals surface area contributed by atoms with E-state index in [1.807, 2.05) is 5.32 Å². The summed E-state index contributed by atoms with van der Waals surface area (Å²) < 4.78 is 9.86. The molecular weight excluding hydrogens is 324 g/mol. The second kappa shape index (κ2) is 8.38. The summed E-state index contributed by atoms with van der Waals surface area (Å²) in [5.41, 5.74) is -0.480. The van der Waals surface area contributed by atoms with Crippen LogP contribution in [0.1, 0.15) is 20.8 Å². The van der Waals surface area contributed by atoms with Gasteiger partial charge in [0.2, 0.25) is 0 Å². The van der Waals surface area contributed by atoms with Crippen LogP contribution >= 0.6 is 11.6 Å². The Morgan fingerprint density at radius 2 is 1.87 bits per heavy atom. The van der Waals surface area contributed by atoms with Gasteiger partial charge in [-0.05, 0) is 39.0 Å². The number of hydrogen-bond donors (Lipinski definition) is 2. The third-order valence-corrected chi connectivity index (χ3v) is 2.49. The summed E-state index contributed by atoms with van der Waals surface area (Å²) in [5, 5.41) is 5.06. The highest BCUT2D eigenvalue weighted by molar-refractivity contribution is 6.30. The number of carbonyl (C=O) groups excluding carboxylic acids is 3. The van der Waals surface area contributed by atoms with E-state index >= 15 is 0 Å². The molecule has 7 nitrogen and oxygen atoms in total. The smallest absolute Gasteiger partial charge is 0.344 e. The van der Waals surface area contributed by atoms with E-state index in [4.69, 9.17) is 21.1 Å². The topological polar surface area (TPSA) is 93.7 Å². The molecule has 0 radical (unpaired) electrons. The van der Waals surface area contributed by atoms with Crippen LogP contribution in [0.3, 0.4) is 0 Å². The summed E-state index contributed by atoms with van der Waals surface area (Å²) in [6.07, 6.45) is 0. The monoisotopic (exact) mass is 342 g/mol. The Kier molecular flexibility index (Phi) is 6.84. The number of halogens is 1. The number of amides is 3. The zero-order valence-corrected chi connectivity index (χ0v) is 13.9. The molecule has 0 aromatic heterocycles. The maximum absolute atomic E-state index is 11.5. The molecule has 3 amide bonds. The Morgan fingerprint density at radius 3 is 2.48 bits per heavy atom. The molecule has 0 saturated carbocycles. The van der Waals surface area contributed by atoms with E-state index < -0.39 is 30.1 Å². The molecule has 0 fully saturated rings. The highest BCUT2D eigenvalue weighted by Crippen LogP contribution is 2.16. The number of carbonyl (C=O) groups is 3. The normalized spacial score (nSPS) is 10.6. The zero-order valence-electron chi connectivity index (χ0n) is 13.1. The minimum Gasteiger partial charge on any atom is -0.482 e. The lowest BCUT2D eigenvalue weighted by Gasteiger charge is -2.20. The molecule has 8 heteroatoms. The number of ether oxygens (including phenoxy) is 2. The third-order valence-electron chi connectivity index (χ3n) is 2.26. The van der Waals surface area contributed by atoms with Crippen LogP contribution in [0.4, 0.5) is 4.79 Å². The fraction of sp³-hybridized carbons (Fsp3) is 0.400. The summed E-state index contributed by atoms with van der Waals surface area (Å²) in [6, 6.07) is 5.85. The van der Waals surface area contributed by atoms with Crippen molar-refractivity contribution < 1.29 is 23.9 Å². The minimum atomic E-state index is -0.739. The summed E-state index contributed by atoms with van der Waals surface area (Å²) in [6.45, 7) is 4.36. The van der Waals surface area contributed by atoms with Gasteiger partial charge < -0.3 is 14.8 Å². The number of urea groups is 1. The summed E-state index contributed by atoms with van der Waals surface area (Å²) >= 11 is 5.77. The van der Waals surface area contributed by atoms with Crippen LogP contribution in [-0.4, -0.2) is 36.7 Å². The van der Waals surface area contributed by atoms with E-state index in [1.165, 1.54) is 0 Å². The van der Waals surface area contributed by atoms with Crippen molar-refractivity contribution in [2.75, 3.05) is 13.2 Å². The van der Waals surface area contributed by atoms with Crippen LogP contribution < -0.4 is 15.4 Å². The van der Waals surface area contributed by atoms with Crippen molar-refractivity contribution in [3.05, 3.63) is 29.3 Å². The molecule has 1 aromatic rings. The van der Waals surface area contributed by atoms with E-state index in [0.29, 0.717) is 10.8 Å². The van der Waals surface area contributed by atoms with Crippen LogP contribution in [0.2, 0.25) is 5.02 Å². The maximum Gasteiger partial charge on any atom is 0.344 e. The Balaban J connectivity index is 2.27. The molecule has 0 aliphatic rings. The van der Waals surface area contributed by atoms with Crippen molar-refractivity contribution >= 4 is 29.5 Å². The predicted octanol–water partition coefficient (Wildman–Crippen LogP) is 1.89. The predicted molar refractivity (Wildman–Crippen MR) is 84.3 cm³/mol. The first kappa shape index (κ1) is 18.8. The first-order valence-corrected chi connectivity index (χ1v) is 7.19. The molecule has 2 N–H and O–H groups in total. The Bertz CT molecular complexity index is 583.